The number of methoxy groups -OCH3 is 1. The van der Waals surface area contributed by atoms with Gasteiger partial charge < -0.3 is 14.0 Å². The molecular formula is C23H28N2O5. The Morgan fingerprint density at radius 3 is 2.43 bits per heavy atom. The summed E-state index contributed by atoms with van der Waals surface area (Å²) in [6.07, 6.45) is 1.48. The fourth-order valence-electron chi connectivity index (χ4n) is 4.07. The van der Waals surface area contributed by atoms with Crippen LogP contribution in [0.2, 0.25) is 0 Å². The number of aromatic nitrogens is 1. The first-order chi connectivity index (χ1) is 14.0. The normalized spacial score (nSPS) is 17.9. The highest BCUT2D eigenvalue weighted by atomic mass is 16.6. The van der Waals surface area contributed by atoms with E-state index in [0.717, 1.165) is 28.7 Å². The molecule has 0 unspecified atom stereocenters. The van der Waals surface area contributed by atoms with Crippen molar-refractivity contribution in [3.63, 3.8) is 0 Å². The van der Waals surface area contributed by atoms with Crippen LogP contribution in [0.4, 0.5) is 10.5 Å². The Kier molecular flexibility index (Phi) is 4.49. The largest absolute Gasteiger partial charge is 0.464 e. The number of benzene rings is 1. The number of carbonyl (C=O) groups is 3. The molecule has 0 radical (unpaired) electrons. The maximum Gasteiger partial charge on any atom is 0.421 e. The average molecular weight is 412 g/mol. The third-order valence-electron chi connectivity index (χ3n) is 5.78. The van der Waals surface area contributed by atoms with Crippen LogP contribution in [0.5, 0.6) is 0 Å². The van der Waals surface area contributed by atoms with Crippen LogP contribution in [-0.2, 0) is 26.2 Å². The number of esters is 1. The molecule has 30 heavy (non-hydrogen) atoms. The Bertz CT molecular complexity index is 1070. The predicted octanol–water partition coefficient (Wildman–Crippen LogP) is 4.40. The molecule has 7 nitrogen and oxygen atoms in total. The van der Waals surface area contributed by atoms with Gasteiger partial charge in [-0.2, -0.15) is 0 Å². The number of hydrogen-bond acceptors (Lipinski definition) is 5. The van der Waals surface area contributed by atoms with Gasteiger partial charge in [0.1, 0.15) is 11.3 Å². The molecule has 0 N–H and O–H groups in total. The maximum absolute atomic E-state index is 13.3. The van der Waals surface area contributed by atoms with E-state index in [1.807, 2.05) is 16.7 Å². The standard InChI is InChI=1S/C23H28N2O5/c1-22(2,3)30-21(28)25-18-15(23(4,5)20(25)27)10-9-14-11-16(19(26)29-6)24(17(14)18)12-13-7-8-13/h9-11,13H,7-8,12H2,1-6H3. The Hall–Kier alpha value is -2.83. The third-order valence-corrected chi connectivity index (χ3v) is 5.78. The molecule has 1 aromatic heterocycles. The summed E-state index contributed by atoms with van der Waals surface area (Å²) in [5.74, 6) is -0.300. The first-order valence-corrected chi connectivity index (χ1v) is 10.3. The SMILES string of the molecule is COC(=O)c1cc2ccc3c(c2n1CC1CC1)N(C(=O)OC(C)(C)C)C(=O)C3(C)C. The zero-order valence-corrected chi connectivity index (χ0v) is 18.4. The number of carbonyl (C=O) groups excluding carboxylic acids is 3. The summed E-state index contributed by atoms with van der Waals surface area (Å²) >= 11 is 0. The van der Waals surface area contributed by atoms with Gasteiger partial charge in [0.25, 0.3) is 0 Å². The van der Waals surface area contributed by atoms with E-state index in [4.69, 9.17) is 9.47 Å². The van der Waals surface area contributed by atoms with Crippen molar-refractivity contribution in [1.29, 1.82) is 0 Å². The van der Waals surface area contributed by atoms with E-state index in [2.05, 4.69) is 0 Å². The molecule has 1 aliphatic heterocycles. The van der Waals surface area contributed by atoms with Crippen LogP contribution in [0.25, 0.3) is 10.9 Å². The number of rotatable bonds is 3. The third kappa shape index (κ3) is 3.16. The summed E-state index contributed by atoms with van der Waals surface area (Å²) in [6, 6.07) is 5.53. The Balaban J connectivity index is 1.98. The van der Waals surface area contributed by atoms with E-state index in [9.17, 15) is 14.4 Å². The Morgan fingerprint density at radius 1 is 1.20 bits per heavy atom. The molecule has 1 saturated carbocycles. The van der Waals surface area contributed by atoms with Crippen molar-refractivity contribution in [2.75, 3.05) is 12.0 Å². The lowest BCUT2D eigenvalue weighted by Crippen LogP contribution is -2.43. The predicted molar refractivity (Wildman–Crippen MR) is 113 cm³/mol. The monoisotopic (exact) mass is 412 g/mol. The molecule has 2 amide bonds. The fourth-order valence-corrected chi connectivity index (χ4v) is 4.07. The van der Waals surface area contributed by atoms with Gasteiger partial charge in [-0.1, -0.05) is 12.1 Å². The van der Waals surface area contributed by atoms with Gasteiger partial charge in [-0.25, -0.2) is 14.5 Å². The van der Waals surface area contributed by atoms with Crippen molar-refractivity contribution in [2.24, 2.45) is 5.92 Å². The molecule has 2 aliphatic rings. The van der Waals surface area contributed by atoms with Gasteiger partial charge in [-0.15, -0.1) is 0 Å². The minimum Gasteiger partial charge on any atom is -0.464 e. The van der Waals surface area contributed by atoms with E-state index in [-0.39, 0.29) is 5.91 Å². The van der Waals surface area contributed by atoms with Crippen molar-refractivity contribution >= 4 is 34.6 Å². The molecular weight excluding hydrogens is 384 g/mol. The van der Waals surface area contributed by atoms with Crippen LogP contribution in [0.1, 0.15) is 63.5 Å². The highest BCUT2D eigenvalue weighted by Gasteiger charge is 2.49. The van der Waals surface area contributed by atoms with E-state index in [1.165, 1.54) is 7.11 Å². The van der Waals surface area contributed by atoms with E-state index >= 15 is 0 Å². The smallest absolute Gasteiger partial charge is 0.421 e. The number of anilines is 1. The number of nitrogens with zero attached hydrogens (tertiary/aromatic N) is 2. The molecule has 0 spiro atoms. The van der Waals surface area contributed by atoms with Gasteiger partial charge in [0.15, 0.2) is 0 Å². The molecule has 2 aromatic rings. The summed E-state index contributed by atoms with van der Waals surface area (Å²) in [7, 11) is 1.35. The molecule has 2 heterocycles. The first kappa shape index (κ1) is 20.4. The maximum atomic E-state index is 13.3. The van der Waals surface area contributed by atoms with Gasteiger partial charge >= 0.3 is 12.1 Å². The highest BCUT2D eigenvalue weighted by molar-refractivity contribution is 6.25. The summed E-state index contributed by atoms with van der Waals surface area (Å²) in [5, 5.41) is 0.786. The molecule has 0 bridgehead atoms. The van der Waals surface area contributed by atoms with Crippen LogP contribution in [-0.4, -0.2) is 35.2 Å². The summed E-state index contributed by atoms with van der Waals surface area (Å²) < 4.78 is 12.5. The summed E-state index contributed by atoms with van der Waals surface area (Å²) in [6.45, 7) is 9.55. The second-order valence-electron chi connectivity index (χ2n) is 9.72. The Morgan fingerprint density at radius 2 is 1.87 bits per heavy atom. The second kappa shape index (κ2) is 6.59. The minimum absolute atomic E-state index is 0.335. The zero-order chi connectivity index (χ0) is 22.0. The quantitative estimate of drug-likeness (QED) is 0.699. The van der Waals surface area contributed by atoms with Crippen molar-refractivity contribution in [2.45, 2.75) is 65.0 Å². The molecule has 0 atom stereocenters. The van der Waals surface area contributed by atoms with Crippen molar-refractivity contribution in [3.8, 4) is 0 Å². The van der Waals surface area contributed by atoms with E-state index < -0.39 is 23.1 Å². The molecule has 4 rings (SSSR count). The molecule has 1 aromatic carbocycles. The van der Waals surface area contributed by atoms with Crippen molar-refractivity contribution in [1.82, 2.24) is 4.57 Å². The van der Waals surface area contributed by atoms with Gasteiger partial charge in [0.2, 0.25) is 5.91 Å². The number of fused-ring (bicyclic) bond motifs is 3. The minimum atomic E-state index is -0.888. The van der Waals surface area contributed by atoms with Crippen LogP contribution in [0, 0.1) is 5.92 Å². The van der Waals surface area contributed by atoms with Crippen molar-refractivity contribution in [3.05, 3.63) is 29.5 Å². The average Bonchev–Trinajstić information content (AvgIpc) is 3.34. The molecule has 160 valence electrons. The van der Waals surface area contributed by atoms with Gasteiger partial charge in [0, 0.05) is 11.9 Å². The van der Waals surface area contributed by atoms with Gasteiger partial charge in [0.05, 0.1) is 23.7 Å². The number of imide groups is 1. The van der Waals surface area contributed by atoms with E-state index in [0.29, 0.717) is 29.4 Å². The number of amides is 2. The second-order valence-corrected chi connectivity index (χ2v) is 9.72. The van der Waals surface area contributed by atoms with E-state index in [1.54, 1.807) is 40.7 Å². The Labute approximate surface area is 175 Å². The van der Waals surface area contributed by atoms with Crippen LogP contribution in [0.3, 0.4) is 0 Å². The number of hydrogen-bond donors (Lipinski definition) is 0. The van der Waals surface area contributed by atoms with Crippen LogP contribution >= 0.6 is 0 Å². The first-order valence-electron chi connectivity index (χ1n) is 10.3. The lowest BCUT2D eigenvalue weighted by molar-refractivity contribution is -0.121. The molecule has 1 aliphatic carbocycles. The highest BCUT2D eigenvalue weighted by Crippen LogP contribution is 2.47. The topological polar surface area (TPSA) is 77.8 Å². The molecule has 7 heteroatoms. The summed E-state index contributed by atoms with van der Waals surface area (Å²) in [5.41, 5.74) is 0.745. The van der Waals surface area contributed by atoms with Gasteiger partial charge in [-0.05, 0) is 65.0 Å². The number of ether oxygens (including phenoxy) is 2. The van der Waals surface area contributed by atoms with Crippen LogP contribution < -0.4 is 4.90 Å². The zero-order valence-electron chi connectivity index (χ0n) is 18.4. The molecule has 1 fully saturated rings. The van der Waals surface area contributed by atoms with Crippen LogP contribution in [0.15, 0.2) is 18.2 Å². The summed E-state index contributed by atoms with van der Waals surface area (Å²) in [4.78, 5) is 40.0. The molecule has 0 saturated heterocycles. The lowest BCUT2D eigenvalue weighted by atomic mass is 9.86. The lowest BCUT2D eigenvalue weighted by Gasteiger charge is -2.25. The van der Waals surface area contributed by atoms with Gasteiger partial charge in [-0.3, -0.25) is 4.79 Å². The van der Waals surface area contributed by atoms with Crippen molar-refractivity contribution < 1.29 is 23.9 Å². The fraction of sp³-hybridized carbons (Fsp3) is 0.522.